The van der Waals surface area contributed by atoms with Gasteiger partial charge in [0, 0.05) is 5.69 Å². The van der Waals surface area contributed by atoms with E-state index in [9.17, 15) is 4.79 Å². The summed E-state index contributed by atoms with van der Waals surface area (Å²) in [5.74, 6) is 0.901. The molecule has 24 heavy (non-hydrogen) atoms. The largest absolute Gasteiger partial charge is 0.497 e. The summed E-state index contributed by atoms with van der Waals surface area (Å²) in [4.78, 5) is 12.1. The van der Waals surface area contributed by atoms with E-state index in [1.54, 1.807) is 7.11 Å². The van der Waals surface area contributed by atoms with Crippen molar-refractivity contribution >= 4 is 23.7 Å². The molecule has 1 aliphatic heterocycles. The van der Waals surface area contributed by atoms with Gasteiger partial charge in [0.2, 0.25) is 5.91 Å². The summed E-state index contributed by atoms with van der Waals surface area (Å²) in [6.45, 7) is 0.924. The Morgan fingerprint density at radius 3 is 2.25 bits per heavy atom. The number of carbonyl (C=O) groups excluding carboxylic acids is 1. The molecule has 1 amide bonds. The van der Waals surface area contributed by atoms with Gasteiger partial charge in [0.25, 0.3) is 0 Å². The Morgan fingerprint density at radius 1 is 1.08 bits per heavy atom. The van der Waals surface area contributed by atoms with E-state index in [0.29, 0.717) is 0 Å². The lowest BCUT2D eigenvalue weighted by Gasteiger charge is -2.11. The summed E-state index contributed by atoms with van der Waals surface area (Å²) < 4.78 is 5.15. The Kier molecular flexibility index (Phi) is 5.29. The molecule has 3 rings (SSSR count). The second kappa shape index (κ2) is 7.79. The highest BCUT2D eigenvalue weighted by molar-refractivity contribution is 5.95. The van der Waals surface area contributed by atoms with Crippen LogP contribution in [0.15, 0.2) is 48.5 Å². The van der Waals surface area contributed by atoms with Gasteiger partial charge >= 0.3 is 0 Å². The molecule has 1 fully saturated rings. The van der Waals surface area contributed by atoms with Crippen molar-refractivity contribution in [3.05, 3.63) is 59.7 Å². The second-order valence-electron chi connectivity index (χ2n) is 5.87. The van der Waals surface area contributed by atoms with Gasteiger partial charge in [-0.3, -0.25) is 4.79 Å². The summed E-state index contributed by atoms with van der Waals surface area (Å²) >= 11 is 0. The van der Waals surface area contributed by atoms with Crippen molar-refractivity contribution in [2.75, 3.05) is 19.0 Å². The summed E-state index contributed by atoms with van der Waals surface area (Å²) in [6, 6.07) is 15.7. The SMILES string of the molecule is COc1ccc(/C=C/c2ccc(NC(=O)C3CCCN3)cc2)cc1. The molecule has 1 atom stereocenters. The van der Waals surface area contributed by atoms with E-state index >= 15 is 0 Å². The number of nitrogens with one attached hydrogen (secondary N) is 2. The molecule has 1 heterocycles. The van der Waals surface area contributed by atoms with Gasteiger partial charge < -0.3 is 15.4 Å². The zero-order valence-corrected chi connectivity index (χ0v) is 13.8. The van der Waals surface area contributed by atoms with Gasteiger partial charge in [-0.15, -0.1) is 0 Å². The molecule has 0 aromatic heterocycles. The van der Waals surface area contributed by atoms with Crippen LogP contribution in [0.4, 0.5) is 5.69 Å². The smallest absolute Gasteiger partial charge is 0.241 e. The van der Waals surface area contributed by atoms with E-state index < -0.39 is 0 Å². The molecule has 2 aromatic rings. The highest BCUT2D eigenvalue weighted by atomic mass is 16.5. The highest BCUT2D eigenvalue weighted by Crippen LogP contribution is 2.16. The molecule has 1 aliphatic rings. The lowest BCUT2D eigenvalue weighted by atomic mass is 10.1. The van der Waals surface area contributed by atoms with E-state index in [0.717, 1.165) is 42.0 Å². The first-order valence-electron chi connectivity index (χ1n) is 8.21. The van der Waals surface area contributed by atoms with Crippen molar-refractivity contribution in [1.29, 1.82) is 0 Å². The molecule has 1 unspecified atom stereocenters. The number of rotatable bonds is 5. The van der Waals surface area contributed by atoms with Crippen LogP contribution < -0.4 is 15.4 Å². The van der Waals surface area contributed by atoms with Gasteiger partial charge in [0.15, 0.2) is 0 Å². The molecule has 2 N–H and O–H groups in total. The van der Waals surface area contributed by atoms with Crippen LogP contribution in [0.2, 0.25) is 0 Å². The topological polar surface area (TPSA) is 50.4 Å². The lowest BCUT2D eigenvalue weighted by molar-refractivity contribution is -0.117. The summed E-state index contributed by atoms with van der Waals surface area (Å²) in [5, 5.41) is 6.16. The summed E-state index contributed by atoms with van der Waals surface area (Å²) in [7, 11) is 1.66. The predicted octanol–water partition coefficient (Wildman–Crippen LogP) is 3.56. The average Bonchev–Trinajstić information content (AvgIpc) is 3.16. The first kappa shape index (κ1) is 16.3. The lowest BCUT2D eigenvalue weighted by Crippen LogP contribution is -2.35. The maximum atomic E-state index is 12.1. The van der Waals surface area contributed by atoms with Crippen LogP contribution in [0.3, 0.4) is 0 Å². The monoisotopic (exact) mass is 322 g/mol. The van der Waals surface area contributed by atoms with E-state index in [1.165, 1.54) is 0 Å². The molecule has 0 saturated carbocycles. The Balaban J connectivity index is 1.59. The van der Waals surface area contributed by atoms with Crippen molar-refractivity contribution in [2.24, 2.45) is 0 Å². The fourth-order valence-electron chi connectivity index (χ4n) is 2.72. The predicted molar refractivity (Wildman–Crippen MR) is 98.0 cm³/mol. The minimum atomic E-state index is -0.0559. The van der Waals surface area contributed by atoms with E-state index in [1.807, 2.05) is 54.6 Å². The van der Waals surface area contributed by atoms with Gasteiger partial charge in [0.1, 0.15) is 5.75 Å². The van der Waals surface area contributed by atoms with Crippen molar-refractivity contribution in [3.8, 4) is 5.75 Å². The maximum Gasteiger partial charge on any atom is 0.241 e. The third-order valence-electron chi connectivity index (χ3n) is 4.14. The van der Waals surface area contributed by atoms with Crippen LogP contribution >= 0.6 is 0 Å². The first-order chi connectivity index (χ1) is 11.7. The molecule has 2 aromatic carbocycles. The van der Waals surface area contributed by atoms with Crippen molar-refractivity contribution in [1.82, 2.24) is 5.32 Å². The Bertz CT molecular complexity index is 699. The number of carbonyl (C=O) groups is 1. The molecular formula is C20H22N2O2. The Hall–Kier alpha value is -2.59. The minimum absolute atomic E-state index is 0.0500. The fourth-order valence-corrected chi connectivity index (χ4v) is 2.72. The average molecular weight is 322 g/mol. The second-order valence-corrected chi connectivity index (χ2v) is 5.87. The molecule has 124 valence electrons. The maximum absolute atomic E-state index is 12.1. The molecule has 0 spiro atoms. The molecule has 0 aliphatic carbocycles. The number of anilines is 1. The van der Waals surface area contributed by atoms with Crippen molar-refractivity contribution in [2.45, 2.75) is 18.9 Å². The van der Waals surface area contributed by atoms with Crippen LogP contribution in [0.25, 0.3) is 12.2 Å². The molecule has 0 radical (unpaired) electrons. The normalized spacial score (nSPS) is 17.1. The van der Waals surface area contributed by atoms with Gasteiger partial charge in [0.05, 0.1) is 13.2 Å². The van der Waals surface area contributed by atoms with Gasteiger partial charge in [-0.2, -0.15) is 0 Å². The molecule has 4 nitrogen and oxygen atoms in total. The number of methoxy groups -OCH3 is 1. The van der Waals surface area contributed by atoms with Crippen LogP contribution in [-0.4, -0.2) is 25.6 Å². The molecular weight excluding hydrogens is 300 g/mol. The van der Waals surface area contributed by atoms with E-state index in [-0.39, 0.29) is 11.9 Å². The number of benzene rings is 2. The highest BCUT2D eigenvalue weighted by Gasteiger charge is 2.21. The summed E-state index contributed by atoms with van der Waals surface area (Å²) in [6.07, 6.45) is 6.07. The van der Waals surface area contributed by atoms with Gasteiger partial charge in [-0.25, -0.2) is 0 Å². The van der Waals surface area contributed by atoms with Crippen LogP contribution in [0.1, 0.15) is 24.0 Å². The van der Waals surface area contributed by atoms with Gasteiger partial charge in [-0.05, 0) is 54.8 Å². The van der Waals surface area contributed by atoms with Crippen molar-refractivity contribution in [3.63, 3.8) is 0 Å². The third-order valence-corrected chi connectivity index (χ3v) is 4.14. The zero-order chi connectivity index (χ0) is 16.8. The Labute approximate surface area is 142 Å². The first-order valence-corrected chi connectivity index (χ1v) is 8.21. The minimum Gasteiger partial charge on any atom is -0.497 e. The number of hydrogen-bond acceptors (Lipinski definition) is 3. The summed E-state index contributed by atoms with van der Waals surface area (Å²) in [5.41, 5.74) is 3.03. The van der Waals surface area contributed by atoms with E-state index in [2.05, 4.69) is 16.7 Å². The number of ether oxygens (including phenoxy) is 1. The fraction of sp³-hybridized carbons (Fsp3) is 0.250. The van der Waals surface area contributed by atoms with Crippen LogP contribution in [-0.2, 0) is 4.79 Å². The third kappa shape index (κ3) is 4.24. The standard InChI is InChI=1S/C20H22N2O2/c1-24-18-12-8-16(9-13-18)5-4-15-6-10-17(11-7-15)22-20(23)19-3-2-14-21-19/h4-13,19,21H,2-3,14H2,1H3,(H,22,23)/b5-4+. The molecule has 0 bridgehead atoms. The van der Waals surface area contributed by atoms with Crippen LogP contribution in [0.5, 0.6) is 5.75 Å². The van der Waals surface area contributed by atoms with Gasteiger partial charge in [-0.1, -0.05) is 36.4 Å². The molecule has 1 saturated heterocycles. The number of amides is 1. The number of hydrogen-bond donors (Lipinski definition) is 2. The van der Waals surface area contributed by atoms with Crippen molar-refractivity contribution < 1.29 is 9.53 Å². The quantitative estimate of drug-likeness (QED) is 0.828. The van der Waals surface area contributed by atoms with Crippen LogP contribution in [0, 0.1) is 0 Å². The zero-order valence-electron chi connectivity index (χ0n) is 13.8. The van der Waals surface area contributed by atoms with E-state index in [4.69, 9.17) is 4.74 Å². The molecule has 4 heteroatoms. The Morgan fingerprint density at radius 2 is 1.71 bits per heavy atom.